The number of nitrogens with zero attached hydrogens (tertiary/aromatic N) is 1. The molecular weight excluding hydrogens is 230 g/mol. The van der Waals surface area contributed by atoms with E-state index in [9.17, 15) is 0 Å². The minimum atomic E-state index is 0.725. The molecule has 0 unspecified atom stereocenters. The number of rotatable bonds is 3. The van der Waals surface area contributed by atoms with Crippen LogP contribution in [-0.4, -0.2) is 25.0 Å². The number of likely N-dealkylation sites (tertiary alicyclic amines) is 1. The zero-order valence-corrected chi connectivity index (χ0v) is 11.6. The van der Waals surface area contributed by atoms with Crippen LogP contribution < -0.4 is 0 Å². The summed E-state index contributed by atoms with van der Waals surface area (Å²) in [7, 11) is 2.24. The molecule has 0 bridgehead atoms. The van der Waals surface area contributed by atoms with Gasteiger partial charge in [-0.3, -0.25) is 0 Å². The molecule has 1 aliphatic heterocycles. The zero-order chi connectivity index (χ0) is 12.3. The van der Waals surface area contributed by atoms with Crippen LogP contribution in [0.2, 0.25) is 5.02 Å². The molecule has 1 heterocycles. The molecule has 1 nitrogen and oxygen atoms in total. The average molecular weight is 252 g/mol. The lowest BCUT2D eigenvalue weighted by atomic mass is 9.78. The van der Waals surface area contributed by atoms with Crippen LogP contribution >= 0.6 is 11.6 Å². The second-order valence-corrected chi connectivity index (χ2v) is 5.69. The third-order valence-corrected chi connectivity index (χ3v) is 4.15. The molecule has 0 saturated carbocycles. The van der Waals surface area contributed by atoms with Gasteiger partial charge in [0.05, 0.1) is 0 Å². The van der Waals surface area contributed by atoms with Gasteiger partial charge >= 0.3 is 0 Å². The van der Waals surface area contributed by atoms with Crippen LogP contribution in [0.1, 0.15) is 37.7 Å². The van der Waals surface area contributed by atoms with Gasteiger partial charge < -0.3 is 4.90 Å². The van der Waals surface area contributed by atoms with Gasteiger partial charge in [0.2, 0.25) is 0 Å². The van der Waals surface area contributed by atoms with Gasteiger partial charge in [-0.1, -0.05) is 37.1 Å². The summed E-state index contributed by atoms with van der Waals surface area (Å²) < 4.78 is 0. The molecule has 2 rings (SSSR count). The lowest BCUT2D eigenvalue weighted by Crippen LogP contribution is -2.36. The first-order valence-corrected chi connectivity index (χ1v) is 7.02. The normalized spacial score (nSPS) is 26.1. The summed E-state index contributed by atoms with van der Waals surface area (Å²) >= 11 is 5.96. The van der Waals surface area contributed by atoms with Gasteiger partial charge in [-0.2, -0.15) is 0 Å². The number of hydrogen-bond acceptors (Lipinski definition) is 1. The first kappa shape index (κ1) is 12.9. The van der Waals surface area contributed by atoms with Crippen molar-refractivity contribution < 1.29 is 0 Å². The highest BCUT2D eigenvalue weighted by molar-refractivity contribution is 6.30. The Morgan fingerprint density at radius 2 is 2.00 bits per heavy atom. The van der Waals surface area contributed by atoms with Crippen LogP contribution in [0.15, 0.2) is 24.3 Å². The molecule has 1 saturated heterocycles. The van der Waals surface area contributed by atoms with Crippen LogP contribution in [0.5, 0.6) is 0 Å². The first-order chi connectivity index (χ1) is 8.20. The fraction of sp³-hybridized carbons (Fsp3) is 0.600. The Labute approximate surface area is 110 Å². The Kier molecular flexibility index (Phi) is 4.47. The third-order valence-electron chi connectivity index (χ3n) is 3.89. The van der Waals surface area contributed by atoms with E-state index in [-0.39, 0.29) is 0 Å². The van der Waals surface area contributed by atoms with Crippen molar-refractivity contribution in [3.8, 4) is 0 Å². The molecule has 0 N–H and O–H groups in total. The summed E-state index contributed by atoms with van der Waals surface area (Å²) in [5.41, 5.74) is 1.47. The molecule has 94 valence electrons. The van der Waals surface area contributed by atoms with Crippen molar-refractivity contribution >= 4 is 11.6 Å². The predicted octanol–water partition coefficient (Wildman–Crippen LogP) is 4.18. The van der Waals surface area contributed by atoms with Crippen LogP contribution in [-0.2, 0) is 0 Å². The highest BCUT2D eigenvalue weighted by Gasteiger charge is 2.27. The summed E-state index contributed by atoms with van der Waals surface area (Å²) in [4.78, 5) is 2.47. The number of halogens is 1. The smallest absolute Gasteiger partial charge is 0.0406 e. The molecule has 2 heteroatoms. The monoisotopic (exact) mass is 251 g/mol. The zero-order valence-electron chi connectivity index (χ0n) is 10.8. The molecule has 1 aliphatic rings. The SMILES string of the molecule is CCC[C@@H]1CN(C)CC[C@H]1c1ccc(Cl)cc1. The van der Waals surface area contributed by atoms with Gasteiger partial charge in [0.15, 0.2) is 0 Å². The summed E-state index contributed by atoms with van der Waals surface area (Å²) in [6.45, 7) is 4.74. The van der Waals surface area contributed by atoms with Crippen molar-refractivity contribution in [1.82, 2.24) is 4.90 Å². The maximum absolute atomic E-state index is 5.96. The van der Waals surface area contributed by atoms with Crippen molar-refractivity contribution in [1.29, 1.82) is 0 Å². The van der Waals surface area contributed by atoms with Crippen molar-refractivity contribution in [2.75, 3.05) is 20.1 Å². The summed E-state index contributed by atoms with van der Waals surface area (Å²) in [6, 6.07) is 8.47. The lowest BCUT2D eigenvalue weighted by Gasteiger charge is -2.37. The first-order valence-electron chi connectivity index (χ1n) is 6.64. The van der Waals surface area contributed by atoms with Gasteiger partial charge in [-0.15, -0.1) is 0 Å². The van der Waals surface area contributed by atoms with E-state index < -0.39 is 0 Å². The van der Waals surface area contributed by atoms with Gasteiger partial charge in [0, 0.05) is 11.6 Å². The molecule has 0 radical (unpaired) electrons. The molecule has 2 atom stereocenters. The standard InChI is InChI=1S/C15H22ClN/c1-3-4-13-11-17(2)10-9-15(13)12-5-7-14(16)8-6-12/h5-8,13,15H,3-4,9-11H2,1-2H3/t13-,15+/m1/s1. The summed E-state index contributed by atoms with van der Waals surface area (Å²) in [5.74, 6) is 1.53. The van der Waals surface area contributed by atoms with Crippen molar-refractivity contribution in [3.63, 3.8) is 0 Å². The molecular formula is C15H22ClN. The molecule has 0 amide bonds. The van der Waals surface area contributed by atoms with Crippen LogP contribution in [0.25, 0.3) is 0 Å². The van der Waals surface area contributed by atoms with Crippen LogP contribution in [0.3, 0.4) is 0 Å². The van der Waals surface area contributed by atoms with E-state index in [4.69, 9.17) is 11.6 Å². The Balaban J connectivity index is 2.14. The fourth-order valence-electron chi connectivity index (χ4n) is 3.03. The van der Waals surface area contributed by atoms with E-state index in [1.807, 2.05) is 12.1 Å². The Morgan fingerprint density at radius 3 is 2.65 bits per heavy atom. The van der Waals surface area contributed by atoms with E-state index in [2.05, 4.69) is 31.0 Å². The maximum atomic E-state index is 5.96. The van der Waals surface area contributed by atoms with E-state index in [1.165, 1.54) is 37.9 Å². The average Bonchev–Trinajstić information content (AvgIpc) is 2.31. The Bertz CT molecular complexity index is 346. The van der Waals surface area contributed by atoms with Gasteiger partial charge in [0.25, 0.3) is 0 Å². The molecule has 0 aromatic heterocycles. The number of piperidine rings is 1. The number of hydrogen-bond donors (Lipinski definition) is 0. The number of benzene rings is 1. The highest BCUT2D eigenvalue weighted by atomic mass is 35.5. The topological polar surface area (TPSA) is 3.24 Å². The Morgan fingerprint density at radius 1 is 1.29 bits per heavy atom. The van der Waals surface area contributed by atoms with E-state index in [0.717, 1.165) is 16.9 Å². The molecule has 17 heavy (non-hydrogen) atoms. The van der Waals surface area contributed by atoms with Crippen LogP contribution in [0.4, 0.5) is 0 Å². The summed E-state index contributed by atoms with van der Waals surface area (Å²) in [6.07, 6.45) is 3.89. The van der Waals surface area contributed by atoms with E-state index >= 15 is 0 Å². The van der Waals surface area contributed by atoms with Crippen molar-refractivity contribution in [2.45, 2.75) is 32.1 Å². The highest BCUT2D eigenvalue weighted by Crippen LogP contribution is 2.35. The maximum Gasteiger partial charge on any atom is 0.0406 e. The lowest BCUT2D eigenvalue weighted by molar-refractivity contribution is 0.175. The van der Waals surface area contributed by atoms with E-state index in [1.54, 1.807) is 0 Å². The fourth-order valence-corrected chi connectivity index (χ4v) is 3.15. The minimum Gasteiger partial charge on any atom is -0.306 e. The molecule has 1 aromatic rings. The second-order valence-electron chi connectivity index (χ2n) is 5.26. The van der Waals surface area contributed by atoms with Gasteiger partial charge in [0.1, 0.15) is 0 Å². The van der Waals surface area contributed by atoms with E-state index in [0.29, 0.717) is 0 Å². The molecule has 1 fully saturated rings. The van der Waals surface area contributed by atoms with Gasteiger partial charge in [-0.25, -0.2) is 0 Å². The second kappa shape index (κ2) is 5.88. The largest absolute Gasteiger partial charge is 0.306 e. The van der Waals surface area contributed by atoms with Crippen molar-refractivity contribution in [3.05, 3.63) is 34.9 Å². The predicted molar refractivity (Wildman–Crippen MR) is 74.7 cm³/mol. The molecule has 0 aliphatic carbocycles. The summed E-state index contributed by atoms with van der Waals surface area (Å²) in [5, 5.41) is 0.841. The Hall–Kier alpha value is -0.530. The van der Waals surface area contributed by atoms with Crippen molar-refractivity contribution in [2.24, 2.45) is 5.92 Å². The minimum absolute atomic E-state index is 0.725. The van der Waals surface area contributed by atoms with Crippen LogP contribution in [0, 0.1) is 5.92 Å². The third kappa shape index (κ3) is 3.23. The quantitative estimate of drug-likeness (QED) is 0.779. The molecule has 1 aromatic carbocycles. The molecule has 0 spiro atoms. The van der Waals surface area contributed by atoms with Gasteiger partial charge in [-0.05, 0) is 56.0 Å².